The minimum Gasteiger partial charge on any atom is -0.485 e. The number of ether oxygens (including phenoxy) is 1. The van der Waals surface area contributed by atoms with Crippen LogP contribution >= 0.6 is 35.0 Å². The molecule has 3 aromatic rings. The van der Waals surface area contributed by atoms with Crippen LogP contribution in [0.15, 0.2) is 54.2 Å². The van der Waals surface area contributed by atoms with Crippen molar-refractivity contribution in [2.45, 2.75) is 37.9 Å². The zero-order chi connectivity index (χ0) is 20.1. The predicted octanol–water partition coefficient (Wildman–Crippen LogP) is 6.26. The standard InChI is InChI=1S/C21H21Cl2N3OS/c1-4-10-26-20(12-27-19-7-5-6-14(2)15(19)3)24-25-21(26)28-13-16-8-9-17(22)11-18(16)23/h4-9,11H,1,10,12-13H2,2-3H3. The summed E-state index contributed by atoms with van der Waals surface area (Å²) < 4.78 is 8.00. The van der Waals surface area contributed by atoms with E-state index in [1.165, 1.54) is 5.56 Å². The van der Waals surface area contributed by atoms with Gasteiger partial charge in [0.2, 0.25) is 0 Å². The van der Waals surface area contributed by atoms with Crippen molar-refractivity contribution < 1.29 is 4.74 Å². The highest BCUT2D eigenvalue weighted by Crippen LogP contribution is 2.28. The Hall–Kier alpha value is -1.95. The Morgan fingerprint density at radius 1 is 1.18 bits per heavy atom. The molecule has 1 heterocycles. The normalized spacial score (nSPS) is 10.9. The van der Waals surface area contributed by atoms with Gasteiger partial charge < -0.3 is 4.74 Å². The first-order valence-corrected chi connectivity index (χ1v) is 10.5. The van der Waals surface area contributed by atoms with E-state index in [4.69, 9.17) is 27.9 Å². The maximum absolute atomic E-state index is 6.27. The van der Waals surface area contributed by atoms with Crippen LogP contribution in [0, 0.1) is 13.8 Å². The molecule has 7 heteroatoms. The third-order valence-electron chi connectivity index (χ3n) is 4.39. The van der Waals surface area contributed by atoms with Crippen LogP contribution in [-0.4, -0.2) is 14.8 Å². The van der Waals surface area contributed by atoms with Gasteiger partial charge in [0.15, 0.2) is 11.0 Å². The third kappa shape index (κ3) is 4.90. The maximum Gasteiger partial charge on any atom is 0.191 e. The molecule has 0 saturated heterocycles. The summed E-state index contributed by atoms with van der Waals surface area (Å²) in [4.78, 5) is 0. The number of rotatable bonds is 8. The van der Waals surface area contributed by atoms with E-state index < -0.39 is 0 Å². The molecule has 0 amide bonds. The van der Waals surface area contributed by atoms with Gasteiger partial charge in [-0.1, -0.05) is 59.2 Å². The number of benzene rings is 2. The second kappa shape index (κ2) is 9.50. The van der Waals surface area contributed by atoms with Crippen molar-refractivity contribution in [3.63, 3.8) is 0 Å². The predicted molar refractivity (Wildman–Crippen MR) is 116 cm³/mol. The maximum atomic E-state index is 6.27. The van der Waals surface area contributed by atoms with Gasteiger partial charge in [0.05, 0.1) is 0 Å². The molecule has 0 radical (unpaired) electrons. The van der Waals surface area contributed by atoms with Crippen LogP contribution in [0.2, 0.25) is 10.0 Å². The van der Waals surface area contributed by atoms with Crippen molar-refractivity contribution in [2.75, 3.05) is 0 Å². The lowest BCUT2D eigenvalue weighted by atomic mass is 10.1. The molecule has 28 heavy (non-hydrogen) atoms. The average molecular weight is 434 g/mol. The van der Waals surface area contributed by atoms with E-state index in [0.717, 1.165) is 27.9 Å². The first-order valence-electron chi connectivity index (χ1n) is 8.78. The Labute approximate surface area is 179 Å². The second-order valence-corrected chi connectivity index (χ2v) is 8.10. The van der Waals surface area contributed by atoms with Gasteiger partial charge in [-0.05, 0) is 48.7 Å². The summed E-state index contributed by atoms with van der Waals surface area (Å²) in [6.07, 6.45) is 1.82. The second-order valence-electron chi connectivity index (χ2n) is 6.31. The molecular weight excluding hydrogens is 413 g/mol. The number of allylic oxidation sites excluding steroid dienone is 1. The number of nitrogens with zero attached hydrogens (tertiary/aromatic N) is 3. The van der Waals surface area contributed by atoms with Crippen LogP contribution in [0.3, 0.4) is 0 Å². The fraction of sp³-hybridized carbons (Fsp3) is 0.238. The van der Waals surface area contributed by atoms with Gasteiger partial charge in [-0.25, -0.2) is 0 Å². The molecule has 2 aromatic carbocycles. The van der Waals surface area contributed by atoms with Gasteiger partial charge in [0, 0.05) is 22.3 Å². The van der Waals surface area contributed by atoms with Crippen molar-refractivity contribution in [1.29, 1.82) is 0 Å². The van der Waals surface area contributed by atoms with E-state index in [1.54, 1.807) is 17.8 Å². The summed E-state index contributed by atoms with van der Waals surface area (Å²) in [5.41, 5.74) is 3.32. The molecule has 0 aliphatic heterocycles. The summed E-state index contributed by atoms with van der Waals surface area (Å²) in [7, 11) is 0. The summed E-state index contributed by atoms with van der Waals surface area (Å²) in [5.74, 6) is 2.28. The molecule has 146 valence electrons. The Balaban J connectivity index is 1.73. The topological polar surface area (TPSA) is 39.9 Å². The summed E-state index contributed by atoms with van der Waals surface area (Å²) in [6.45, 7) is 8.91. The number of aromatic nitrogens is 3. The molecule has 1 aromatic heterocycles. The molecule has 0 bridgehead atoms. The van der Waals surface area contributed by atoms with Gasteiger partial charge in [-0.2, -0.15) is 0 Å². The van der Waals surface area contributed by atoms with Crippen LogP contribution in [0.25, 0.3) is 0 Å². The summed E-state index contributed by atoms with van der Waals surface area (Å²) in [6, 6.07) is 11.5. The van der Waals surface area contributed by atoms with Gasteiger partial charge >= 0.3 is 0 Å². The quantitative estimate of drug-likeness (QED) is 0.310. The van der Waals surface area contributed by atoms with Crippen molar-refractivity contribution >= 4 is 35.0 Å². The monoisotopic (exact) mass is 433 g/mol. The zero-order valence-electron chi connectivity index (χ0n) is 15.8. The van der Waals surface area contributed by atoms with Gasteiger partial charge in [0.1, 0.15) is 12.4 Å². The summed E-state index contributed by atoms with van der Waals surface area (Å²) in [5, 5.41) is 10.7. The van der Waals surface area contributed by atoms with Crippen molar-refractivity contribution in [2.24, 2.45) is 0 Å². The largest absolute Gasteiger partial charge is 0.485 e. The van der Waals surface area contributed by atoms with Crippen LogP contribution in [-0.2, 0) is 18.9 Å². The van der Waals surface area contributed by atoms with Gasteiger partial charge in [-0.3, -0.25) is 4.57 Å². The zero-order valence-corrected chi connectivity index (χ0v) is 18.1. The third-order valence-corrected chi connectivity index (χ3v) is 5.99. The Morgan fingerprint density at radius 3 is 2.75 bits per heavy atom. The van der Waals surface area contributed by atoms with E-state index in [-0.39, 0.29) is 0 Å². The SMILES string of the molecule is C=CCn1c(COc2cccc(C)c2C)nnc1SCc1ccc(Cl)cc1Cl. The molecule has 0 aliphatic rings. The average Bonchev–Trinajstić information content (AvgIpc) is 3.04. The molecule has 4 nitrogen and oxygen atoms in total. The molecule has 0 N–H and O–H groups in total. The van der Waals surface area contributed by atoms with Crippen molar-refractivity contribution in [1.82, 2.24) is 14.8 Å². The van der Waals surface area contributed by atoms with Gasteiger partial charge in [-0.15, -0.1) is 16.8 Å². The highest BCUT2D eigenvalue weighted by atomic mass is 35.5. The smallest absolute Gasteiger partial charge is 0.191 e. The molecule has 0 spiro atoms. The first-order chi connectivity index (χ1) is 13.5. The molecular formula is C21H21Cl2N3OS. The fourth-order valence-corrected chi connectivity index (χ4v) is 4.17. The molecule has 3 rings (SSSR count). The number of thioether (sulfide) groups is 1. The highest BCUT2D eigenvalue weighted by molar-refractivity contribution is 7.98. The van der Waals surface area contributed by atoms with E-state index in [9.17, 15) is 0 Å². The first kappa shape index (κ1) is 20.8. The van der Waals surface area contributed by atoms with Crippen LogP contribution in [0.5, 0.6) is 5.75 Å². The molecule has 0 saturated carbocycles. The number of halogens is 2. The van der Waals surface area contributed by atoms with Crippen LogP contribution in [0.4, 0.5) is 0 Å². The van der Waals surface area contributed by atoms with Crippen molar-refractivity contribution in [3.8, 4) is 5.75 Å². The molecule has 0 atom stereocenters. The van der Waals surface area contributed by atoms with E-state index in [1.807, 2.05) is 34.9 Å². The lowest BCUT2D eigenvalue weighted by Crippen LogP contribution is -2.08. The van der Waals surface area contributed by atoms with Crippen molar-refractivity contribution in [3.05, 3.63) is 81.6 Å². The van der Waals surface area contributed by atoms with E-state index >= 15 is 0 Å². The minimum atomic E-state index is 0.341. The van der Waals surface area contributed by atoms with E-state index in [0.29, 0.717) is 28.9 Å². The van der Waals surface area contributed by atoms with Crippen LogP contribution in [0.1, 0.15) is 22.5 Å². The van der Waals surface area contributed by atoms with Crippen LogP contribution < -0.4 is 4.74 Å². The number of aryl methyl sites for hydroxylation is 1. The lowest BCUT2D eigenvalue weighted by Gasteiger charge is -2.12. The number of hydrogen-bond donors (Lipinski definition) is 0. The molecule has 0 fully saturated rings. The number of hydrogen-bond acceptors (Lipinski definition) is 4. The Kier molecular flexibility index (Phi) is 7.05. The fourth-order valence-electron chi connectivity index (χ4n) is 2.65. The molecule has 0 aliphatic carbocycles. The lowest BCUT2D eigenvalue weighted by molar-refractivity contribution is 0.287. The highest BCUT2D eigenvalue weighted by Gasteiger charge is 2.14. The minimum absolute atomic E-state index is 0.341. The van der Waals surface area contributed by atoms with Gasteiger partial charge in [0.25, 0.3) is 0 Å². The summed E-state index contributed by atoms with van der Waals surface area (Å²) >= 11 is 13.8. The Morgan fingerprint density at radius 2 is 2.00 bits per heavy atom. The Bertz CT molecular complexity index is 988. The molecule has 0 unspecified atom stereocenters. The van der Waals surface area contributed by atoms with E-state index in [2.05, 4.69) is 36.7 Å².